The van der Waals surface area contributed by atoms with E-state index in [2.05, 4.69) is 36.5 Å². The van der Waals surface area contributed by atoms with Gasteiger partial charge in [-0.05, 0) is 57.0 Å². The van der Waals surface area contributed by atoms with E-state index >= 15 is 0 Å². The van der Waals surface area contributed by atoms with E-state index in [4.69, 9.17) is 9.15 Å². The van der Waals surface area contributed by atoms with Crippen LogP contribution >= 0.6 is 0 Å². The number of hydrogen-bond acceptors (Lipinski definition) is 3. The molecular weight excluding hydrogens is 262 g/mol. The van der Waals surface area contributed by atoms with E-state index in [0.29, 0.717) is 6.10 Å². The van der Waals surface area contributed by atoms with Crippen LogP contribution in [-0.4, -0.2) is 12.6 Å². The fourth-order valence-electron chi connectivity index (χ4n) is 2.69. The van der Waals surface area contributed by atoms with Crippen LogP contribution in [-0.2, 0) is 0 Å². The van der Waals surface area contributed by atoms with Gasteiger partial charge in [-0.3, -0.25) is 0 Å². The second-order valence-corrected chi connectivity index (χ2v) is 5.75. The molecule has 1 aromatic carbocycles. The predicted octanol–water partition coefficient (Wildman–Crippen LogP) is 4.14. The lowest BCUT2D eigenvalue weighted by Gasteiger charge is -2.19. The van der Waals surface area contributed by atoms with Crippen molar-refractivity contribution in [1.82, 2.24) is 5.32 Å². The second kappa shape index (κ2) is 5.94. The Hall–Kier alpha value is -1.74. The molecule has 0 spiro atoms. The Kier molecular flexibility index (Phi) is 4.02. The largest absolute Gasteiger partial charge is 0.490 e. The van der Waals surface area contributed by atoms with Crippen LogP contribution < -0.4 is 10.1 Å². The molecule has 112 valence electrons. The van der Waals surface area contributed by atoms with Crippen LogP contribution in [0.4, 0.5) is 0 Å². The maximum atomic E-state index is 5.91. The summed E-state index contributed by atoms with van der Waals surface area (Å²) in [5.41, 5.74) is 2.43. The van der Waals surface area contributed by atoms with Gasteiger partial charge in [0.1, 0.15) is 17.3 Å². The van der Waals surface area contributed by atoms with Crippen molar-refractivity contribution in [3.05, 3.63) is 53.0 Å². The molecule has 1 aromatic heterocycles. The average molecular weight is 285 g/mol. The van der Waals surface area contributed by atoms with E-state index in [0.717, 1.165) is 23.8 Å². The maximum Gasteiger partial charge on any atom is 0.120 e. The Morgan fingerprint density at radius 2 is 2.10 bits per heavy atom. The summed E-state index contributed by atoms with van der Waals surface area (Å²) in [7, 11) is 0. The highest BCUT2D eigenvalue weighted by molar-refractivity contribution is 5.38. The van der Waals surface area contributed by atoms with Gasteiger partial charge in [0.25, 0.3) is 0 Å². The molecule has 1 saturated carbocycles. The van der Waals surface area contributed by atoms with Gasteiger partial charge in [-0.1, -0.05) is 19.1 Å². The van der Waals surface area contributed by atoms with Crippen molar-refractivity contribution >= 4 is 0 Å². The summed E-state index contributed by atoms with van der Waals surface area (Å²) < 4.78 is 11.6. The van der Waals surface area contributed by atoms with Crippen LogP contribution in [0.25, 0.3) is 0 Å². The number of furan rings is 1. The first-order valence-corrected chi connectivity index (χ1v) is 7.74. The van der Waals surface area contributed by atoms with E-state index in [1.807, 2.05) is 19.9 Å². The first-order valence-electron chi connectivity index (χ1n) is 7.74. The topological polar surface area (TPSA) is 34.4 Å². The van der Waals surface area contributed by atoms with Gasteiger partial charge in [0.05, 0.1) is 12.1 Å². The molecule has 1 heterocycles. The zero-order valence-electron chi connectivity index (χ0n) is 13.0. The summed E-state index contributed by atoms with van der Waals surface area (Å²) in [5, 5.41) is 3.55. The van der Waals surface area contributed by atoms with Crippen molar-refractivity contribution in [2.75, 3.05) is 6.54 Å². The van der Waals surface area contributed by atoms with E-state index in [-0.39, 0.29) is 6.04 Å². The number of ether oxygens (including phenoxy) is 1. The Morgan fingerprint density at radius 3 is 2.71 bits per heavy atom. The van der Waals surface area contributed by atoms with Gasteiger partial charge in [0.15, 0.2) is 0 Å². The first kappa shape index (κ1) is 14.2. The van der Waals surface area contributed by atoms with Gasteiger partial charge in [0, 0.05) is 5.56 Å². The molecule has 1 fully saturated rings. The number of rotatable bonds is 6. The summed E-state index contributed by atoms with van der Waals surface area (Å²) in [6.07, 6.45) is 2.79. The summed E-state index contributed by atoms with van der Waals surface area (Å²) in [5.74, 6) is 2.90. The molecule has 0 saturated heterocycles. The Bertz CT molecular complexity index is 613. The number of nitrogens with one attached hydrogen (secondary N) is 1. The highest BCUT2D eigenvalue weighted by Crippen LogP contribution is 2.31. The standard InChI is InChI=1S/C18H23NO2/c1-4-19-18(17-10-12(2)20-13(17)3)14-6-5-7-16(11-14)21-15-8-9-15/h5-7,10-11,15,18-19H,4,8-9H2,1-3H3. The van der Waals surface area contributed by atoms with Gasteiger partial charge in [-0.15, -0.1) is 0 Å². The molecule has 3 rings (SSSR count). The van der Waals surface area contributed by atoms with Crippen molar-refractivity contribution in [3.8, 4) is 5.75 Å². The van der Waals surface area contributed by atoms with Crippen LogP contribution in [0.1, 0.15) is 48.5 Å². The van der Waals surface area contributed by atoms with E-state index in [1.165, 1.54) is 24.0 Å². The lowest BCUT2D eigenvalue weighted by atomic mass is 9.98. The molecule has 1 aliphatic rings. The van der Waals surface area contributed by atoms with Gasteiger partial charge >= 0.3 is 0 Å². The van der Waals surface area contributed by atoms with Crippen molar-refractivity contribution in [2.45, 2.75) is 45.8 Å². The smallest absolute Gasteiger partial charge is 0.120 e. The number of benzene rings is 1. The molecule has 21 heavy (non-hydrogen) atoms. The third-order valence-electron chi connectivity index (χ3n) is 3.82. The lowest BCUT2D eigenvalue weighted by Crippen LogP contribution is -2.22. The molecule has 0 aliphatic heterocycles. The molecule has 2 aromatic rings. The molecule has 3 heteroatoms. The number of aryl methyl sites for hydroxylation is 2. The third-order valence-corrected chi connectivity index (χ3v) is 3.82. The highest BCUT2D eigenvalue weighted by atomic mass is 16.5. The second-order valence-electron chi connectivity index (χ2n) is 5.75. The van der Waals surface area contributed by atoms with E-state index in [1.54, 1.807) is 0 Å². The first-order chi connectivity index (χ1) is 10.2. The van der Waals surface area contributed by atoms with Crippen LogP contribution in [0.2, 0.25) is 0 Å². The van der Waals surface area contributed by atoms with Crippen molar-refractivity contribution in [1.29, 1.82) is 0 Å². The molecule has 1 atom stereocenters. The lowest BCUT2D eigenvalue weighted by molar-refractivity contribution is 0.302. The summed E-state index contributed by atoms with van der Waals surface area (Å²) in [6.45, 7) is 7.05. The SMILES string of the molecule is CCNC(c1cccc(OC2CC2)c1)c1cc(C)oc1C. The van der Waals surface area contributed by atoms with Crippen molar-refractivity contribution in [2.24, 2.45) is 0 Å². The summed E-state index contributed by atoms with van der Waals surface area (Å²) >= 11 is 0. The maximum absolute atomic E-state index is 5.91. The minimum Gasteiger partial charge on any atom is -0.490 e. The fourth-order valence-corrected chi connectivity index (χ4v) is 2.69. The predicted molar refractivity (Wildman–Crippen MR) is 83.8 cm³/mol. The van der Waals surface area contributed by atoms with Crippen LogP contribution in [0.15, 0.2) is 34.7 Å². The number of hydrogen-bond donors (Lipinski definition) is 1. The zero-order valence-corrected chi connectivity index (χ0v) is 13.0. The minimum absolute atomic E-state index is 0.148. The van der Waals surface area contributed by atoms with Gasteiger partial charge in [-0.25, -0.2) is 0 Å². The van der Waals surface area contributed by atoms with Crippen molar-refractivity contribution < 1.29 is 9.15 Å². The third kappa shape index (κ3) is 3.30. The average Bonchev–Trinajstić information content (AvgIpc) is 3.20. The molecule has 0 radical (unpaired) electrons. The summed E-state index contributed by atoms with van der Waals surface area (Å²) in [4.78, 5) is 0. The Labute approximate surface area is 126 Å². The van der Waals surface area contributed by atoms with Crippen LogP contribution in [0.5, 0.6) is 5.75 Å². The minimum atomic E-state index is 0.148. The summed E-state index contributed by atoms with van der Waals surface area (Å²) in [6, 6.07) is 10.7. The molecule has 0 amide bonds. The highest BCUT2D eigenvalue weighted by Gasteiger charge is 2.24. The molecule has 1 aliphatic carbocycles. The Balaban J connectivity index is 1.90. The van der Waals surface area contributed by atoms with Crippen LogP contribution in [0, 0.1) is 13.8 Å². The molecule has 1 N–H and O–H groups in total. The quantitative estimate of drug-likeness (QED) is 0.866. The van der Waals surface area contributed by atoms with Gasteiger partial charge < -0.3 is 14.5 Å². The van der Waals surface area contributed by atoms with Gasteiger partial charge in [-0.2, -0.15) is 0 Å². The molecular formula is C18H23NO2. The van der Waals surface area contributed by atoms with Crippen LogP contribution in [0.3, 0.4) is 0 Å². The Morgan fingerprint density at radius 1 is 1.29 bits per heavy atom. The van der Waals surface area contributed by atoms with E-state index < -0.39 is 0 Å². The normalized spacial score (nSPS) is 16.0. The molecule has 0 bridgehead atoms. The molecule has 3 nitrogen and oxygen atoms in total. The molecule has 1 unspecified atom stereocenters. The zero-order chi connectivity index (χ0) is 14.8. The monoisotopic (exact) mass is 285 g/mol. The fraction of sp³-hybridized carbons (Fsp3) is 0.444. The van der Waals surface area contributed by atoms with Crippen molar-refractivity contribution in [3.63, 3.8) is 0 Å². The van der Waals surface area contributed by atoms with Gasteiger partial charge in [0.2, 0.25) is 0 Å². The van der Waals surface area contributed by atoms with E-state index in [9.17, 15) is 0 Å².